The van der Waals surface area contributed by atoms with Crippen LogP contribution in [0, 0.1) is 5.82 Å². The maximum atomic E-state index is 12.7. The Morgan fingerprint density at radius 3 is 2.44 bits per heavy atom. The lowest BCUT2D eigenvalue weighted by Gasteiger charge is -2.10. The first-order valence-electron chi connectivity index (χ1n) is 5.43. The predicted octanol–water partition coefficient (Wildman–Crippen LogP) is 3.04. The van der Waals surface area contributed by atoms with E-state index in [4.69, 9.17) is 22.7 Å². The topological polar surface area (TPSA) is 35.2 Å². The molecule has 0 unspecified atom stereocenters. The number of ether oxygens (including phenoxy) is 1. The van der Waals surface area contributed by atoms with E-state index < -0.39 is 0 Å². The quantitative estimate of drug-likeness (QED) is 0.859. The van der Waals surface area contributed by atoms with Crippen molar-refractivity contribution in [2.75, 3.05) is 0 Å². The van der Waals surface area contributed by atoms with E-state index in [0.29, 0.717) is 22.9 Å². The van der Waals surface area contributed by atoms with Gasteiger partial charge in [-0.15, -0.1) is 0 Å². The monoisotopic (exact) mass is 261 g/mol. The van der Waals surface area contributed by atoms with Gasteiger partial charge < -0.3 is 10.5 Å². The maximum Gasteiger partial charge on any atom is 0.129 e. The van der Waals surface area contributed by atoms with Crippen molar-refractivity contribution in [3.8, 4) is 5.75 Å². The summed E-state index contributed by atoms with van der Waals surface area (Å²) in [7, 11) is 0. The van der Waals surface area contributed by atoms with Crippen LogP contribution in [-0.4, -0.2) is 4.99 Å². The molecule has 2 nitrogen and oxygen atoms in total. The number of para-hydroxylation sites is 1. The average Bonchev–Trinajstić information content (AvgIpc) is 2.38. The fraction of sp³-hybridized carbons (Fsp3) is 0.0714. The number of halogens is 1. The zero-order chi connectivity index (χ0) is 13.0. The van der Waals surface area contributed by atoms with Crippen molar-refractivity contribution >= 4 is 17.2 Å². The number of nitrogens with two attached hydrogens (primary N) is 1. The minimum atomic E-state index is -0.262. The molecule has 2 N–H and O–H groups in total. The van der Waals surface area contributed by atoms with E-state index in [-0.39, 0.29) is 5.82 Å². The summed E-state index contributed by atoms with van der Waals surface area (Å²) in [5, 5.41) is 0. The molecular formula is C14H12FNOS. The molecule has 0 amide bonds. The first-order chi connectivity index (χ1) is 8.66. The van der Waals surface area contributed by atoms with E-state index >= 15 is 0 Å². The van der Waals surface area contributed by atoms with Crippen molar-refractivity contribution < 1.29 is 9.13 Å². The van der Waals surface area contributed by atoms with E-state index in [1.54, 1.807) is 18.2 Å². The molecule has 0 aliphatic rings. The zero-order valence-corrected chi connectivity index (χ0v) is 10.4. The Hall–Kier alpha value is -1.94. The third kappa shape index (κ3) is 3.05. The maximum absolute atomic E-state index is 12.7. The largest absolute Gasteiger partial charge is 0.488 e. The van der Waals surface area contributed by atoms with Gasteiger partial charge in [0.2, 0.25) is 0 Å². The summed E-state index contributed by atoms with van der Waals surface area (Å²) in [5.41, 5.74) is 7.19. The lowest BCUT2D eigenvalue weighted by atomic mass is 10.2. The van der Waals surface area contributed by atoms with E-state index in [0.717, 1.165) is 5.56 Å². The fourth-order valence-corrected chi connectivity index (χ4v) is 1.71. The van der Waals surface area contributed by atoms with Crippen molar-refractivity contribution in [3.05, 3.63) is 65.5 Å². The van der Waals surface area contributed by atoms with Gasteiger partial charge in [0.05, 0.1) is 5.56 Å². The number of rotatable bonds is 4. The lowest BCUT2D eigenvalue weighted by Crippen LogP contribution is -2.11. The molecule has 0 spiro atoms. The summed E-state index contributed by atoms with van der Waals surface area (Å²) in [5.74, 6) is 0.372. The van der Waals surface area contributed by atoms with Crippen LogP contribution in [0.1, 0.15) is 11.1 Å². The summed E-state index contributed by atoms with van der Waals surface area (Å²) < 4.78 is 18.4. The summed E-state index contributed by atoms with van der Waals surface area (Å²) in [6, 6.07) is 13.5. The van der Waals surface area contributed by atoms with Crippen LogP contribution in [0.15, 0.2) is 48.5 Å². The molecule has 0 radical (unpaired) electrons. The molecule has 0 bridgehead atoms. The van der Waals surface area contributed by atoms with Gasteiger partial charge in [-0.05, 0) is 29.8 Å². The number of hydrogen-bond acceptors (Lipinski definition) is 2. The Morgan fingerprint density at radius 2 is 1.78 bits per heavy atom. The number of benzene rings is 2. The summed E-state index contributed by atoms with van der Waals surface area (Å²) in [4.78, 5) is 0.296. The predicted molar refractivity (Wildman–Crippen MR) is 73.1 cm³/mol. The minimum Gasteiger partial charge on any atom is -0.488 e. The van der Waals surface area contributed by atoms with E-state index in [1.165, 1.54) is 12.1 Å². The third-order valence-corrected chi connectivity index (χ3v) is 2.68. The minimum absolute atomic E-state index is 0.262. The molecule has 0 aromatic heterocycles. The molecule has 0 fully saturated rings. The Morgan fingerprint density at radius 1 is 1.11 bits per heavy atom. The van der Waals surface area contributed by atoms with Gasteiger partial charge in [0.15, 0.2) is 0 Å². The van der Waals surface area contributed by atoms with Crippen molar-refractivity contribution in [1.29, 1.82) is 0 Å². The van der Waals surface area contributed by atoms with Crippen molar-refractivity contribution in [2.24, 2.45) is 5.73 Å². The molecule has 2 aromatic carbocycles. The van der Waals surface area contributed by atoms with Crippen LogP contribution in [0.2, 0.25) is 0 Å². The normalized spacial score (nSPS) is 10.1. The van der Waals surface area contributed by atoms with Crippen LogP contribution in [0.25, 0.3) is 0 Å². The molecule has 0 aliphatic carbocycles. The van der Waals surface area contributed by atoms with Crippen molar-refractivity contribution in [3.63, 3.8) is 0 Å². The summed E-state index contributed by atoms with van der Waals surface area (Å²) in [6.45, 7) is 0.347. The highest BCUT2D eigenvalue weighted by Gasteiger charge is 2.05. The first kappa shape index (κ1) is 12.5. The van der Waals surface area contributed by atoms with Gasteiger partial charge >= 0.3 is 0 Å². The van der Waals surface area contributed by atoms with Crippen LogP contribution >= 0.6 is 12.2 Å². The molecule has 0 aliphatic heterocycles. The molecule has 2 rings (SSSR count). The van der Waals surface area contributed by atoms with Crippen LogP contribution in [0.3, 0.4) is 0 Å². The second kappa shape index (κ2) is 5.60. The lowest BCUT2D eigenvalue weighted by molar-refractivity contribution is 0.305. The molecule has 0 heterocycles. The van der Waals surface area contributed by atoms with Crippen LogP contribution < -0.4 is 10.5 Å². The van der Waals surface area contributed by atoms with Crippen LogP contribution in [0.4, 0.5) is 4.39 Å². The highest BCUT2D eigenvalue weighted by molar-refractivity contribution is 7.80. The summed E-state index contributed by atoms with van der Waals surface area (Å²) >= 11 is 4.95. The zero-order valence-electron chi connectivity index (χ0n) is 9.60. The van der Waals surface area contributed by atoms with Gasteiger partial charge in [-0.2, -0.15) is 0 Å². The smallest absolute Gasteiger partial charge is 0.129 e. The molecule has 0 saturated carbocycles. The molecule has 2 aromatic rings. The average molecular weight is 261 g/mol. The van der Waals surface area contributed by atoms with Crippen molar-refractivity contribution in [1.82, 2.24) is 0 Å². The third-order valence-electron chi connectivity index (χ3n) is 2.46. The highest BCUT2D eigenvalue weighted by atomic mass is 32.1. The fourth-order valence-electron chi connectivity index (χ4n) is 1.54. The van der Waals surface area contributed by atoms with Gasteiger partial charge in [-0.1, -0.05) is 36.5 Å². The second-order valence-electron chi connectivity index (χ2n) is 3.78. The summed E-state index contributed by atoms with van der Waals surface area (Å²) in [6.07, 6.45) is 0. The number of thiocarbonyl (C=S) groups is 1. The van der Waals surface area contributed by atoms with Gasteiger partial charge in [0.25, 0.3) is 0 Å². The van der Waals surface area contributed by atoms with Crippen molar-refractivity contribution in [2.45, 2.75) is 6.61 Å². The van der Waals surface area contributed by atoms with E-state index in [9.17, 15) is 4.39 Å². The Bertz CT molecular complexity index is 554. The first-order valence-corrected chi connectivity index (χ1v) is 5.84. The van der Waals surface area contributed by atoms with Gasteiger partial charge in [-0.3, -0.25) is 0 Å². The molecule has 92 valence electrons. The molecular weight excluding hydrogens is 249 g/mol. The van der Waals surface area contributed by atoms with Gasteiger partial charge in [0.1, 0.15) is 23.2 Å². The van der Waals surface area contributed by atoms with Gasteiger partial charge in [-0.25, -0.2) is 4.39 Å². The standard InChI is InChI=1S/C14H12FNOS/c15-11-7-5-10(6-8-11)9-17-13-4-2-1-3-12(13)14(16)18/h1-8H,9H2,(H2,16,18). The van der Waals surface area contributed by atoms with E-state index in [1.807, 2.05) is 18.2 Å². The Balaban J connectivity index is 2.10. The molecule has 0 saturated heterocycles. The highest BCUT2D eigenvalue weighted by Crippen LogP contribution is 2.19. The van der Waals surface area contributed by atoms with Crippen LogP contribution in [-0.2, 0) is 6.61 Å². The van der Waals surface area contributed by atoms with Crippen LogP contribution in [0.5, 0.6) is 5.75 Å². The molecule has 4 heteroatoms. The molecule has 0 atom stereocenters. The van der Waals surface area contributed by atoms with E-state index in [2.05, 4.69) is 0 Å². The molecule has 18 heavy (non-hydrogen) atoms. The number of hydrogen-bond donors (Lipinski definition) is 1. The van der Waals surface area contributed by atoms with Gasteiger partial charge in [0, 0.05) is 0 Å². The second-order valence-corrected chi connectivity index (χ2v) is 4.22. The Labute approximate surface area is 110 Å². The SMILES string of the molecule is NC(=S)c1ccccc1OCc1ccc(F)cc1. The Kier molecular flexibility index (Phi) is 3.89.